The highest BCUT2D eigenvalue weighted by Crippen LogP contribution is 2.32. The number of nitrogens with one attached hydrogen (secondary N) is 1. The van der Waals surface area contributed by atoms with E-state index in [9.17, 15) is 0 Å². The predicted octanol–water partition coefficient (Wildman–Crippen LogP) is 7.36. The SMILES string of the molecule is Cc1cc(N(C)c2ccc(-c3cnn(CC4CCCCC4)c3C)c(C)n2)nnc1Nc1nc2ccccc2s1. The molecule has 0 aliphatic heterocycles. The number of benzene rings is 1. The summed E-state index contributed by atoms with van der Waals surface area (Å²) >= 11 is 1.60. The van der Waals surface area contributed by atoms with Gasteiger partial charge in [0.05, 0.1) is 16.4 Å². The molecule has 4 heterocycles. The second-order valence-electron chi connectivity index (χ2n) is 10.5. The molecule has 200 valence electrons. The van der Waals surface area contributed by atoms with Crippen molar-refractivity contribution < 1.29 is 0 Å². The van der Waals surface area contributed by atoms with Gasteiger partial charge in [0.25, 0.3) is 0 Å². The lowest BCUT2D eigenvalue weighted by Gasteiger charge is -2.22. The number of aromatic nitrogens is 6. The molecule has 39 heavy (non-hydrogen) atoms. The molecule has 5 aromatic rings. The fraction of sp³-hybridized carbons (Fsp3) is 0.367. The summed E-state index contributed by atoms with van der Waals surface area (Å²) in [6.07, 6.45) is 8.71. The van der Waals surface area contributed by atoms with Gasteiger partial charge in [-0.1, -0.05) is 42.7 Å². The Balaban J connectivity index is 1.18. The third-order valence-corrected chi connectivity index (χ3v) is 8.75. The fourth-order valence-corrected chi connectivity index (χ4v) is 6.30. The van der Waals surface area contributed by atoms with Gasteiger partial charge < -0.3 is 10.2 Å². The first kappa shape index (κ1) is 25.4. The van der Waals surface area contributed by atoms with E-state index >= 15 is 0 Å². The van der Waals surface area contributed by atoms with E-state index in [0.717, 1.165) is 61.8 Å². The molecule has 6 rings (SSSR count). The van der Waals surface area contributed by atoms with E-state index in [-0.39, 0.29) is 0 Å². The van der Waals surface area contributed by atoms with Crippen LogP contribution in [0.15, 0.2) is 48.7 Å². The molecule has 0 atom stereocenters. The highest BCUT2D eigenvalue weighted by molar-refractivity contribution is 7.22. The Morgan fingerprint density at radius 1 is 0.949 bits per heavy atom. The first-order valence-corrected chi connectivity index (χ1v) is 14.5. The number of nitrogens with zero attached hydrogens (tertiary/aromatic N) is 7. The van der Waals surface area contributed by atoms with Crippen molar-refractivity contribution in [3.63, 3.8) is 0 Å². The molecule has 4 aromatic heterocycles. The van der Waals surface area contributed by atoms with Gasteiger partial charge in [-0.3, -0.25) is 4.68 Å². The average Bonchev–Trinajstić information content (AvgIpc) is 3.52. The lowest BCUT2D eigenvalue weighted by molar-refractivity contribution is 0.306. The fourth-order valence-electron chi connectivity index (χ4n) is 5.43. The number of fused-ring (bicyclic) bond motifs is 1. The Labute approximate surface area is 233 Å². The van der Waals surface area contributed by atoms with Crippen LogP contribution in [-0.2, 0) is 6.54 Å². The summed E-state index contributed by atoms with van der Waals surface area (Å²) in [4.78, 5) is 11.6. The normalized spacial score (nSPS) is 14.2. The Bertz CT molecular complexity index is 1580. The molecular formula is C30H34N8S. The van der Waals surface area contributed by atoms with Gasteiger partial charge in [0.2, 0.25) is 0 Å². The highest BCUT2D eigenvalue weighted by Gasteiger charge is 2.19. The van der Waals surface area contributed by atoms with Crippen LogP contribution >= 0.6 is 11.3 Å². The van der Waals surface area contributed by atoms with Crippen molar-refractivity contribution >= 4 is 44.1 Å². The van der Waals surface area contributed by atoms with Crippen LogP contribution in [-0.4, -0.2) is 37.0 Å². The van der Waals surface area contributed by atoms with Crippen LogP contribution in [0, 0.1) is 26.7 Å². The first-order chi connectivity index (χ1) is 19.0. The monoisotopic (exact) mass is 538 g/mol. The molecule has 0 unspecified atom stereocenters. The lowest BCUT2D eigenvalue weighted by atomic mass is 9.89. The maximum Gasteiger partial charge on any atom is 0.189 e. The third-order valence-electron chi connectivity index (χ3n) is 7.80. The number of aryl methyl sites for hydroxylation is 2. The topological polar surface area (TPSA) is 84.7 Å². The summed E-state index contributed by atoms with van der Waals surface area (Å²) in [6.45, 7) is 7.28. The van der Waals surface area contributed by atoms with E-state index < -0.39 is 0 Å². The van der Waals surface area contributed by atoms with Crippen LogP contribution in [0.5, 0.6) is 0 Å². The molecule has 8 nitrogen and oxygen atoms in total. The Kier molecular flexibility index (Phi) is 6.99. The molecule has 9 heteroatoms. The molecule has 0 amide bonds. The second kappa shape index (κ2) is 10.7. The number of hydrogen-bond donors (Lipinski definition) is 1. The molecule has 1 saturated carbocycles. The molecule has 1 fully saturated rings. The number of hydrogen-bond acceptors (Lipinski definition) is 8. The number of pyridine rings is 1. The Morgan fingerprint density at radius 2 is 1.77 bits per heavy atom. The number of anilines is 4. The average molecular weight is 539 g/mol. The standard InChI is InChI=1S/C30H34N8S/c1-19-16-28(35-36-29(19)34-30-33-25-12-8-9-13-26(25)39-30)37(4)27-15-14-23(20(2)32-27)24-17-31-38(21(24)3)18-22-10-6-5-7-11-22/h8-9,12-17,22H,5-7,10-11,18H2,1-4H3,(H,33,34,36). The van der Waals surface area contributed by atoms with Crippen molar-refractivity contribution in [3.05, 3.63) is 65.6 Å². The summed E-state index contributed by atoms with van der Waals surface area (Å²) in [5.41, 5.74) is 6.43. The van der Waals surface area contributed by atoms with Crippen molar-refractivity contribution in [1.82, 2.24) is 29.9 Å². The summed E-state index contributed by atoms with van der Waals surface area (Å²) in [5, 5.41) is 17.8. The van der Waals surface area contributed by atoms with Crippen LogP contribution in [0.3, 0.4) is 0 Å². The molecule has 1 N–H and O–H groups in total. The van der Waals surface area contributed by atoms with Crippen LogP contribution < -0.4 is 10.2 Å². The van der Waals surface area contributed by atoms with E-state index in [2.05, 4.69) is 51.2 Å². The summed E-state index contributed by atoms with van der Waals surface area (Å²) in [7, 11) is 1.97. The number of thiazole rings is 1. The molecule has 0 saturated heterocycles. The maximum absolute atomic E-state index is 4.93. The van der Waals surface area contributed by atoms with Crippen molar-refractivity contribution in [2.45, 2.75) is 59.4 Å². The van der Waals surface area contributed by atoms with Crippen molar-refractivity contribution in [1.29, 1.82) is 0 Å². The molecule has 0 radical (unpaired) electrons. The van der Waals surface area contributed by atoms with Gasteiger partial charge in [0.15, 0.2) is 16.8 Å². The smallest absolute Gasteiger partial charge is 0.189 e. The molecule has 0 spiro atoms. The van der Waals surface area contributed by atoms with E-state index in [4.69, 9.17) is 10.1 Å². The summed E-state index contributed by atoms with van der Waals surface area (Å²) < 4.78 is 3.33. The van der Waals surface area contributed by atoms with Crippen LogP contribution in [0.1, 0.15) is 49.1 Å². The van der Waals surface area contributed by atoms with E-state index in [1.54, 1.807) is 11.3 Å². The van der Waals surface area contributed by atoms with Crippen LogP contribution in [0.25, 0.3) is 21.3 Å². The zero-order chi connectivity index (χ0) is 26.9. The first-order valence-electron chi connectivity index (χ1n) is 13.7. The molecular weight excluding hydrogens is 504 g/mol. The van der Waals surface area contributed by atoms with Gasteiger partial charge in [-0.2, -0.15) is 5.10 Å². The predicted molar refractivity (Wildman–Crippen MR) is 159 cm³/mol. The summed E-state index contributed by atoms with van der Waals surface area (Å²) in [5.74, 6) is 3.00. The van der Waals surface area contributed by atoms with Gasteiger partial charge in [-0.05, 0) is 75.4 Å². The van der Waals surface area contributed by atoms with Crippen molar-refractivity contribution in [3.8, 4) is 11.1 Å². The van der Waals surface area contributed by atoms with E-state index in [1.165, 1.54) is 37.8 Å². The Hall–Kier alpha value is -3.85. The van der Waals surface area contributed by atoms with Gasteiger partial charge >= 0.3 is 0 Å². The summed E-state index contributed by atoms with van der Waals surface area (Å²) in [6, 6.07) is 14.3. The van der Waals surface area contributed by atoms with Crippen LogP contribution in [0.2, 0.25) is 0 Å². The highest BCUT2D eigenvalue weighted by atomic mass is 32.1. The minimum atomic E-state index is 0.700. The molecule has 1 aromatic carbocycles. The minimum Gasteiger partial charge on any atom is -0.314 e. The van der Waals surface area contributed by atoms with E-state index in [0.29, 0.717) is 5.82 Å². The second-order valence-corrected chi connectivity index (χ2v) is 11.6. The minimum absolute atomic E-state index is 0.700. The quantitative estimate of drug-likeness (QED) is 0.232. The molecule has 1 aliphatic rings. The van der Waals surface area contributed by atoms with E-state index in [1.807, 2.05) is 55.4 Å². The zero-order valence-electron chi connectivity index (χ0n) is 23.0. The maximum atomic E-state index is 4.93. The third kappa shape index (κ3) is 5.23. The van der Waals surface area contributed by atoms with Crippen LogP contribution in [0.4, 0.5) is 22.6 Å². The molecule has 0 bridgehead atoms. The van der Waals surface area contributed by atoms with Gasteiger partial charge in [-0.15, -0.1) is 10.2 Å². The van der Waals surface area contributed by atoms with Crippen molar-refractivity contribution in [2.24, 2.45) is 5.92 Å². The Morgan fingerprint density at radius 3 is 2.54 bits per heavy atom. The number of para-hydroxylation sites is 1. The van der Waals surface area contributed by atoms with Gasteiger partial charge in [-0.25, -0.2) is 9.97 Å². The zero-order valence-corrected chi connectivity index (χ0v) is 23.8. The van der Waals surface area contributed by atoms with Crippen molar-refractivity contribution in [2.75, 3.05) is 17.3 Å². The molecule has 1 aliphatic carbocycles. The largest absolute Gasteiger partial charge is 0.314 e. The van der Waals surface area contributed by atoms with Gasteiger partial charge in [0.1, 0.15) is 5.82 Å². The number of rotatable bonds is 7. The lowest BCUT2D eigenvalue weighted by Crippen LogP contribution is -2.16. The van der Waals surface area contributed by atoms with Gasteiger partial charge in [0, 0.05) is 36.1 Å².